The van der Waals surface area contributed by atoms with Crippen LogP contribution in [-0.4, -0.2) is 29.1 Å². The van der Waals surface area contributed by atoms with Crippen LogP contribution < -0.4 is 0 Å². The Labute approximate surface area is 121 Å². The molecule has 0 unspecified atom stereocenters. The Morgan fingerprint density at radius 2 is 2.15 bits per heavy atom. The Bertz CT molecular complexity index is 470. The van der Waals surface area contributed by atoms with E-state index in [9.17, 15) is 4.79 Å². The summed E-state index contributed by atoms with van der Waals surface area (Å²) >= 11 is 0. The predicted molar refractivity (Wildman–Crippen MR) is 81.0 cm³/mol. The third kappa shape index (κ3) is 3.60. The second-order valence-corrected chi connectivity index (χ2v) is 5.83. The molecule has 1 atom stereocenters. The maximum atomic E-state index is 10.7. The number of nitrogens with zero attached hydrogens (tertiary/aromatic N) is 1. The first-order valence-corrected chi connectivity index (χ1v) is 7.61. The van der Waals surface area contributed by atoms with Crippen molar-refractivity contribution in [3.63, 3.8) is 0 Å². The van der Waals surface area contributed by atoms with E-state index >= 15 is 0 Å². The lowest BCUT2D eigenvalue weighted by molar-refractivity contribution is -0.137. The quantitative estimate of drug-likeness (QED) is 0.891. The molecule has 1 saturated heterocycles. The normalized spacial score (nSPS) is 20.0. The third-order valence-electron chi connectivity index (χ3n) is 4.46. The average Bonchev–Trinajstić information content (AvgIpc) is 2.42. The van der Waals surface area contributed by atoms with E-state index in [-0.39, 0.29) is 6.42 Å². The Morgan fingerprint density at radius 1 is 1.35 bits per heavy atom. The predicted octanol–water partition coefficient (Wildman–Crippen LogP) is 3.70. The number of hydrogen-bond acceptors (Lipinski definition) is 2. The molecule has 0 radical (unpaired) electrons. The Hall–Kier alpha value is -1.35. The number of carbonyl (C=O) groups is 1. The summed E-state index contributed by atoms with van der Waals surface area (Å²) < 4.78 is 0. The number of carboxylic acid groups (broad SMARTS) is 1. The molecule has 0 spiro atoms. The van der Waals surface area contributed by atoms with Crippen LogP contribution in [0.15, 0.2) is 18.2 Å². The molecular weight excluding hydrogens is 250 g/mol. The molecule has 0 bridgehead atoms. The van der Waals surface area contributed by atoms with Crippen LogP contribution in [0.1, 0.15) is 54.8 Å². The lowest BCUT2D eigenvalue weighted by atomic mass is 9.90. The van der Waals surface area contributed by atoms with E-state index in [1.807, 2.05) is 0 Å². The van der Waals surface area contributed by atoms with Gasteiger partial charge in [-0.05, 0) is 62.9 Å². The molecule has 0 saturated carbocycles. The Morgan fingerprint density at radius 3 is 2.90 bits per heavy atom. The van der Waals surface area contributed by atoms with Crippen LogP contribution in [0.2, 0.25) is 0 Å². The van der Waals surface area contributed by atoms with Crippen LogP contribution in [0.3, 0.4) is 0 Å². The minimum atomic E-state index is -0.690. The summed E-state index contributed by atoms with van der Waals surface area (Å²) in [6.45, 7) is 6.35. The minimum Gasteiger partial charge on any atom is -0.481 e. The first-order valence-electron chi connectivity index (χ1n) is 7.61. The van der Waals surface area contributed by atoms with Crippen molar-refractivity contribution in [1.29, 1.82) is 0 Å². The zero-order chi connectivity index (χ0) is 14.5. The molecule has 20 heavy (non-hydrogen) atoms. The highest BCUT2D eigenvalue weighted by atomic mass is 16.4. The Kier molecular flexibility index (Phi) is 5.18. The third-order valence-corrected chi connectivity index (χ3v) is 4.46. The first-order chi connectivity index (χ1) is 9.59. The molecule has 1 heterocycles. The van der Waals surface area contributed by atoms with Gasteiger partial charge in [0.25, 0.3) is 0 Å². The number of likely N-dealkylation sites (tertiary alicyclic amines) is 1. The van der Waals surface area contributed by atoms with Crippen LogP contribution >= 0.6 is 0 Å². The monoisotopic (exact) mass is 275 g/mol. The molecule has 1 N–H and O–H groups in total. The molecule has 2 rings (SSSR count). The standard InChI is InChI=1S/C17H25NO2/c1-13-7-5-8-15(14(13)2)16-9-3-4-11-18(16)12-6-10-17(19)20/h5,7-8,16H,3-4,6,9-12H2,1-2H3,(H,19,20)/t16-/m1/s1. The van der Waals surface area contributed by atoms with E-state index in [4.69, 9.17) is 5.11 Å². The van der Waals surface area contributed by atoms with E-state index in [1.165, 1.54) is 36.0 Å². The summed E-state index contributed by atoms with van der Waals surface area (Å²) in [5, 5.41) is 8.79. The van der Waals surface area contributed by atoms with Crippen molar-refractivity contribution in [3.8, 4) is 0 Å². The number of hydrogen-bond donors (Lipinski definition) is 1. The summed E-state index contributed by atoms with van der Waals surface area (Å²) in [5.41, 5.74) is 4.17. The van der Waals surface area contributed by atoms with Gasteiger partial charge in [0.2, 0.25) is 0 Å². The van der Waals surface area contributed by atoms with Gasteiger partial charge in [-0.3, -0.25) is 9.69 Å². The molecule has 0 amide bonds. The van der Waals surface area contributed by atoms with Crippen LogP contribution in [-0.2, 0) is 4.79 Å². The van der Waals surface area contributed by atoms with Gasteiger partial charge < -0.3 is 5.11 Å². The molecule has 3 heteroatoms. The topological polar surface area (TPSA) is 40.5 Å². The molecule has 1 aromatic rings. The molecule has 1 aliphatic rings. The molecule has 0 aromatic heterocycles. The van der Waals surface area contributed by atoms with Gasteiger partial charge in [0.05, 0.1) is 0 Å². The van der Waals surface area contributed by atoms with E-state index in [0.717, 1.165) is 19.5 Å². The fourth-order valence-corrected chi connectivity index (χ4v) is 3.18. The molecule has 1 fully saturated rings. The van der Waals surface area contributed by atoms with Crippen molar-refractivity contribution in [2.75, 3.05) is 13.1 Å². The summed E-state index contributed by atoms with van der Waals surface area (Å²) in [7, 11) is 0. The number of piperidine rings is 1. The van der Waals surface area contributed by atoms with Gasteiger partial charge in [-0.15, -0.1) is 0 Å². The zero-order valence-electron chi connectivity index (χ0n) is 12.6. The first kappa shape index (κ1) is 15.0. The van der Waals surface area contributed by atoms with Crippen LogP contribution in [0.5, 0.6) is 0 Å². The van der Waals surface area contributed by atoms with Crippen molar-refractivity contribution in [1.82, 2.24) is 4.90 Å². The number of rotatable bonds is 5. The second kappa shape index (κ2) is 6.89. The van der Waals surface area contributed by atoms with Gasteiger partial charge in [0.15, 0.2) is 0 Å². The fourth-order valence-electron chi connectivity index (χ4n) is 3.18. The smallest absolute Gasteiger partial charge is 0.303 e. The van der Waals surface area contributed by atoms with Crippen molar-refractivity contribution < 1.29 is 9.90 Å². The summed E-state index contributed by atoms with van der Waals surface area (Å²) in [6, 6.07) is 7.01. The lowest BCUT2D eigenvalue weighted by Crippen LogP contribution is -2.34. The van der Waals surface area contributed by atoms with Crippen LogP contribution in [0.4, 0.5) is 0 Å². The van der Waals surface area contributed by atoms with Crippen LogP contribution in [0.25, 0.3) is 0 Å². The van der Waals surface area contributed by atoms with E-state index < -0.39 is 5.97 Å². The maximum Gasteiger partial charge on any atom is 0.303 e. The highest BCUT2D eigenvalue weighted by Crippen LogP contribution is 2.33. The van der Waals surface area contributed by atoms with Gasteiger partial charge >= 0.3 is 5.97 Å². The summed E-state index contributed by atoms with van der Waals surface area (Å²) in [6.07, 6.45) is 4.71. The van der Waals surface area contributed by atoms with Gasteiger partial charge in [-0.25, -0.2) is 0 Å². The Balaban J connectivity index is 2.10. The fraction of sp³-hybridized carbons (Fsp3) is 0.588. The number of aryl methyl sites for hydroxylation is 1. The number of carboxylic acids is 1. The summed E-state index contributed by atoms with van der Waals surface area (Å²) in [5.74, 6) is -0.690. The second-order valence-electron chi connectivity index (χ2n) is 5.83. The van der Waals surface area contributed by atoms with E-state index in [2.05, 4.69) is 36.9 Å². The zero-order valence-corrected chi connectivity index (χ0v) is 12.6. The van der Waals surface area contributed by atoms with Gasteiger partial charge in [0, 0.05) is 12.5 Å². The molecule has 3 nitrogen and oxygen atoms in total. The maximum absolute atomic E-state index is 10.7. The lowest BCUT2D eigenvalue weighted by Gasteiger charge is -2.37. The van der Waals surface area contributed by atoms with Gasteiger partial charge in [-0.1, -0.05) is 24.6 Å². The number of benzene rings is 1. The van der Waals surface area contributed by atoms with Gasteiger partial charge in [-0.2, -0.15) is 0 Å². The van der Waals surface area contributed by atoms with Crippen molar-refractivity contribution >= 4 is 5.97 Å². The summed E-state index contributed by atoms with van der Waals surface area (Å²) in [4.78, 5) is 13.2. The molecule has 0 aliphatic carbocycles. The van der Waals surface area contributed by atoms with E-state index in [0.29, 0.717) is 6.04 Å². The molecule has 1 aromatic carbocycles. The minimum absolute atomic E-state index is 0.274. The van der Waals surface area contributed by atoms with Crippen molar-refractivity contribution in [2.24, 2.45) is 0 Å². The molecule has 110 valence electrons. The highest BCUT2D eigenvalue weighted by molar-refractivity contribution is 5.66. The van der Waals surface area contributed by atoms with Crippen molar-refractivity contribution in [3.05, 3.63) is 34.9 Å². The van der Waals surface area contributed by atoms with Crippen molar-refractivity contribution in [2.45, 2.75) is 52.0 Å². The number of aliphatic carboxylic acids is 1. The highest BCUT2D eigenvalue weighted by Gasteiger charge is 2.25. The largest absolute Gasteiger partial charge is 0.481 e. The van der Waals surface area contributed by atoms with E-state index in [1.54, 1.807) is 0 Å². The van der Waals surface area contributed by atoms with Gasteiger partial charge in [0.1, 0.15) is 0 Å². The SMILES string of the molecule is Cc1cccc([C@H]2CCCCN2CCCC(=O)O)c1C. The molecular formula is C17H25NO2. The average molecular weight is 275 g/mol. The van der Waals surface area contributed by atoms with Crippen LogP contribution in [0, 0.1) is 13.8 Å². The molecule has 1 aliphatic heterocycles.